The van der Waals surface area contributed by atoms with Crippen molar-refractivity contribution in [3.8, 4) is 0 Å². The van der Waals surface area contributed by atoms with E-state index in [4.69, 9.17) is 19.6 Å². The van der Waals surface area contributed by atoms with E-state index >= 15 is 0 Å². The molecule has 0 spiro atoms. The van der Waals surface area contributed by atoms with Crippen LogP contribution < -0.4 is 0 Å². The van der Waals surface area contributed by atoms with Crippen LogP contribution >= 0.6 is 0 Å². The molecule has 18 heavy (non-hydrogen) atoms. The standard InChI is InChI=1S/C11H19NO6/c1-5-10(14)6(12)2-9(17-5)18-8-4-16-3-7(13)11(8)15/h5,7-15H,2-4H2,1H3/t5-,7-,8-,9-,10-,11+/m1/s1. The molecule has 0 aromatic heterocycles. The number of hydrogen-bond acceptors (Lipinski definition) is 7. The first-order valence-electron chi connectivity index (χ1n) is 5.99. The van der Waals surface area contributed by atoms with Gasteiger partial charge in [-0.25, -0.2) is 0 Å². The average Bonchev–Trinajstić information content (AvgIpc) is 2.32. The lowest BCUT2D eigenvalue weighted by molar-refractivity contribution is -0.255. The van der Waals surface area contributed by atoms with Crippen LogP contribution in [0.3, 0.4) is 0 Å². The lowest BCUT2D eigenvalue weighted by Crippen LogP contribution is -2.52. The first-order valence-corrected chi connectivity index (χ1v) is 5.99. The Kier molecular flexibility index (Phi) is 4.31. The second-order valence-corrected chi connectivity index (χ2v) is 4.71. The summed E-state index contributed by atoms with van der Waals surface area (Å²) in [6, 6.07) is 0. The molecule has 2 saturated heterocycles. The molecule has 0 aliphatic carbocycles. The number of ether oxygens (including phenoxy) is 3. The van der Waals surface area contributed by atoms with Gasteiger partial charge in [0.15, 0.2) is 6.29 Å². The highest BCUT2D eigenvalue weighted by Gasteiger charge is 2.37. The topological polar surface area (TPSA) is 112 Å². The van der Waals surface area contributed by atoms with Crippen molar-refractivity contribution in [2.75, 3.05) is 13.2 Å². The SMILES string of the molecule is C[C@H]1O[C@H](O[C@@H]2COC[C@@H](O)[C@@H]2O)CC(=N)[C@@H]1O. The Morgan fingerprint density at radius 1 is 1.28 bits per heavy atom. The second kappa shape index (κ2) is 5.60. The van der Waals surface area contributed by atoms with Crippen molar-refractivity contribution in [2.45, 2.75) is 50.2 Å². The van der Waals surface area contributed by atoms with Gasteiger partial charge in [-0.1, -0.05) is 0 Å². The molecule has 0 unspecified atom stereocenters. The van der Waals surface area contributed by atoms with E-state index < -0.39 is 36.8 Å². The van der Waals surface area contributed by atoms with Crippen LogP contribution in [-0.4, -0.2) is 71.1 Å². The minimum absolute atomic E-state index is 0.0808. The summed E-state index contributed by atoms with van der Waals surface area (Å²) in [5.41, 5.74) is 0.144. The number of nitrogens with one attached hydrogen (secondary N) is 1. The zero-order valence-electron chi connectivity index (χ0n) is 10.2. The summed E-state index contributed by atoms with van der Waals surface area (Å²) in [4.78, 5) is 0. The van der Waals surface area contributed by atoms with Crippen molar-refractivity contribution in [3.63, 3.8) is 0 Å². The van der Waals surface area contributed by atoms with Gasteiger partial charge in [0.25, 0.3) is 0 Å². The molecule has 7 heteroatoms. The number of rotatable bonds is 2. The van der Waals surface area contributed by atoms with Crippen molar-refractivity contribution < 1.29 is 29.5 Å². The Bertz CT molecular complexity index is 312. The maximum Gasteiger partial charge on any atom is 0.163 e. The van der Waals surface area contributed by atoms with Gasteiger partial charge in [-0.15, -0.1) is 0 Å². The van der Waals surface area contributed by atoms with E-state index in [1.165, 1.54) is 0 Å². The fourth-order valence-electron chi connectivity index (χ4n) is 2.09. The van der Waals surface area contributed by atoms with Crippen molar-refractivity contribution in [1.82, 2.24) is 0 Å². The van der Waals surface area contributed by atoms with Crippen LogP contribution in [0.1, 0.15) is 13.3 Å². The molecule has 2 fully saturated rings. The number of hydrogen-bond donors (Lipinski definition) is 4. The molecule has 0 saturated carbocycles. The van der Waals surface area contributed by atoms with E-state index in [2.05, 4.69) is 0 Å². The molecule has 0 aromatic rings. The van der Waals surface area contributed by atoms with Gasteiger partial charge in [0, 0.05) is 12.1 Å². The molecule has 2 aliphatic heterocycles. The van der Waals surface area contributed by atoms with Crippen LogP contribution in [0.5, 0.6) is 0 Å². The van der Waals surface area contributed by atoms with Gasteiger partial charge in [0.2, 0.25) is 0 Å². The normalized spacial score (nSPS) is 46.1. The summed E-state index contributed by atoms with van der Waals surface area (Å²) < 4.78 is 16.0. The average molecular weight is 261 g/mol. The summed E-state index contributed by atoms with van der Waals surface area (Å²) in [7, 11) is 0. The zero-order valence-corrected chi connectivity index (χ0v) is 10.2. The molecule has 2 aliphatic rings. The van der Waals surface area contributed by atoms with E-state index in [9.17, 15) is 15.3 Å². The Hall–Kier alpha value is -0.570. The van der Waals surface area contributed by atoms with Crippen molar-refractivity contribution >= 4 is 5.71 Å². The van der Waals surface area contributed by atoms with Gasteiger partial charge in [-0.3, -0.25) is 0 Å². The Morgan fingerprint density at radius 3 is 2.67 bits per heavy atom. The lowest BCUT2D eigenvalue weighted by Gasteiger charge is -2.37. The van der Waals surface area contributed by atoms with Gasteiger partial charge < -0.3 is 34.9 Å². The number of aliphatic hydroxyl groups excluding tert-OH is 3. The van der Waals surface area contributed by atoms with Gasteiger partial charge in [-0.05, 0) is 6.92 Å². The molecule has 104 valence electrons. The first kappa shape index (κ1) is 13.9. The molecular weight excluding hydrogens is 242 g/mol. The highest BCUT2D eigenvalue weighted by Crippen LogP contribution is 2.22. The molecule has 0 aromatic carbocycles. The summed E-state index contributed by atoms with van der Waals surface area (Å²) in [5.74, 6) is 0. The highest BCUT2D eigenvalue weighted by atomic mass is 16.7. The molecule has 0 amide bonds. The second-order valence-electron chi connectivity index (χ2n) is 4.71. The van der Waals surface area contributed by atoms with E-state index in [1.807, 2.05) is 0 Å². The van der Waals surface area contributed by atoms with E-state index in [1.54, 1.807) is 6.92 Å². The molecule has 2 rings (SSSR count). The fourth-order valence-corrected chi connectivity index (χ4v) is 2.09. The third-order valence-electron chi connectivity index (χ3n) is 3.23. The Balaban J connectivity index is 1.91. The molecule has 0 bridgehead atoms. The minimum Gasteiger partial charge on any atom is -0.388 e. The Labute approximate surface area is 105 Å². The van der Waals surface area contributed by atoms with Crippen molar-refractivity contribution in [2.24, 2.45) is 0 Å². The van der Waals surface area contributed by atoms with Crippen LogP contribution in [0.4, 0.5) is 0 Å². The molecule has 0 radical (unpaired) electrons. The van der Waals surface area contributed by atoms with Gasteiger partial charge in [-0.2, -0.15) is 0 Å². The van der Waals surface area contributed by atoms with Crippen molar-refractivity contribution in [1.29, 1.82) is 5.41 Å². The van der Waals surface area contributed by atoms with Crippen LogP contribution in [0.2, 0.25) is 0 Å². The largest absolute Gasteiger partial charge is 0.388 e. The van der Waals surface area contributed by atoms with E-state index in [-0.39, 0.29) is 25.3 Å². The predicted octanol–water partition coefficient (Wildman–Crippen LogP) is -1.36. The van der Waals surface area contributed by atoms with Crippen molar-refractivity contribution in [3.05, 3.63) is 0 Å². The van der Waals surface area contributed by atoms with E-state index in [0.29, 0.717) is 0 Å². The summed E-state index contributed by atoms with van der Waals surface area (Å²) >= 11 is 0. The van der Waals surface area contributed by atoms with Crippen LogP contribution in [0, 0.1) is 5.41 Å². The summed E-state index contributed by atoms with van der Waals surface area (Å²) in [6.45, 7) is 1.90. The third-order valence-corrected chi connectivity index (χ3v) is 3.23. The van der Waals surface area contributed by atoms with Crippen LogP contribution in [0.15, 0.2) is 0 Å². The highest BCUT2D eigenvalue weighted by molar-refractivity contribution is 5.87. The van der Waals surface area contributed by atoms with Crippen LogP contribution in [-0.2, 0) is 14.2 Å². The predicted molar refractivity (Wildman–Crippen MR) is 60.4 cm³/mol. The maximum absolute atomic E-state index is 9.74. The monoisotopic (exact) mass is 261 g/mol. The van der Waals surface area contributed by atoms with Gasteiger partial charge in [0.05, 0.1) is 19.3 Å². The quantitative estimate of drug-likeness (QED) is 0.488. The third kappa shape index (κ3) is 2.87. The first-order chi connectivity index (χ1) is 8.49. The minimum atomic E-state index is -1.03. The zero-order chi connectivity index (χ0) is 13.3. The molecule has 4 N–H and O–H groups in total. The van der Waals surface area contributed by atoms with Gasteiger partial charge >= 0.3 is 0 Å². The molecular formula is C11H19NO6. The Morgan fingerprint density at radius 2 is 2.00 bits per heavy atom. The molecule has 2 heterocycles. The molecule has 7 nitrogen and oxygen atoms in total. The van der Waals surface area contributed by atoms with Crippen LogP contribution in [0.25, 0.3) is 0 Å². The van der Waals surface area contributed by atoms with E-state index in [0.717, 1.165) is 0 Å². The smallest absolute Gasteiger partial charge is 0.163 e. The summed E-state index contributed by atoms with van der Waals surface area (Å²) in [5, 5.41) is 36.3. The lowest BCUT2D eigenvalue weighted by atomic mass is 10.0. The number of aliphatic hydroxyl groups is 3. The van der Waals surface area contributed by atoms with Gasteiger partial charge in [0.1, 0.15) is 24.4 Å². The molecule has 6 atom stereocenters. The fraction of sp³-hybridized carbons (Fsp3) is 0.909. The maximum atomic E-state index is 9.74. The summed E-state index contributed by atoms with van der Waals surface area (Å²) in [6.07, 6.45) is -4.69.